The zero-order valence-electron chi connectivity index (χ0n) is 13.7. The molecule has 0 aliphatic carbocycles. The first kappa shape index (κ1) is 17.1. The molecule has 5 nitrogen and oxygen atoms in total. The third-order valence-electron chi connectivity index (χ3n) is 3.47. The zero-order chi connectivity index (χ0) is 18.4. The first-order chi connectivity index (χ1) is 12.6. The van der Waals surface area contributed by atoms with Gasteiger partial charge in [0.15, 0.2) is 0 Å². The van der Waals surface area contributed by atoms with E-state index < -0.39 is 0 Å². The summed E-state index contributed by atoms with van der Waals surface area (Å²) in [6.45, 7) is 0. The molecule has 26 heavy (non-hydrogen) atoms. The largest absolute Gasteiger partial charge is 0.396 e. The van der Waals surface area contributed by atoms with Gasteiger partial charge in [0.05, 0.1) is 12.1 Å². The molecule has 0 saturated carbocycles. The van der Waals surface area contributed by atoms with Crippen LogP contribution in [-0.4, -0.2) is 15.9 Å². The molecular formula is C20H15FN4O. The Morgan fingerprint density at radius 2 is 1.88 bits per heavy atom. The number of hydrogen-bond acceptors (Lipinski definition) is 4. The topological polar surface area (TPSA) is 80.9 Å². The second kappa shape index (κ2) is 7.90. The highest BCUT2D eigenvalue weighted by molar-refractivity contribution is 5.91. The standard InChI is InChI=1S/C20H15FN4O/c21-16-6-3-14(4-7-16)13-20(26)25-19-12-15(9-11-24-19)5-8-18-17(22)2-1-10-23-18/h1-4,6-7,9-12H,13,22H2,(H,24,25,26). The number of nitrogens with one attached hydrogen (secondary N) is 1. The van der Waals surface area contributed by atoms with Crippen LogP contribution in [0.2, 0.25) is 0 Å². The van der Waals surface area contributed by atoms with Crippen LogP contribution in [0, 0.1) is 17.7 Å². The average molecular weight is 346 g/mol. The second-order valence-electron chi connectivity index (χ2n) is 5.47. The fraction of sp³-hybridized carbons (Fsp3) is 0.0500. The molecule has 1 aromatic carbocycles. The molecule has 3 aromatic rings. The lowest BCUT2D eigenvalue weighted by Gasteiger charge is -2.05. The quantitative estimate of drug-likeness (QED) is 0.715. The molecule has 0 fully saturated rings. The molecule has 128 valence electrons. The molecule has 0 spiro atoms. The number of carbonyl (C=O) groups excluding carboxylic acids is 1. The molecule has 3 rings (SSSR count). The van der Waals surface area contributed by atoms with E-state index in [9.17, 15) is 9.18 Å². The van der Waals surface area contributed by atoms with Crippen molar-refractivity contribution in [3.8, 4) is 11.8 Å². The number of pyridine rings is 2. The van der Waals surface area contributed by atoms with Crippen molar-refractivity contribution < 1.29 is 9.18 Å². The molecule has 0 bridgehead atoms. The summed E-state index contributed by atoms with van der Waals surface area (Å²) in [5, 5.41) is 2.70. The fourth-order valence-corrected chi connectivity index (χ4v) is 2.20. The van der Waals surface area contributed by atoms with Gasteiger partial charge in [-0.05, 0) is 47.9 Å². The first-order valence-electron chi connectivity index (χ1n) is 7.83. The minimum Gasteiger partial charge on any atom is -0.396 e. The van der Waals surface area contributed by atoms with E-state index in [1.165, 1.54) is 12.1 Å². The van der Waals surface area contributed by atoms with E-state index in [0.717, 1.165) is 0 Å². The molecule has 2 heterocycles. The van der Waals surface area contributed by atoms with E-state index in [1.807, 2.05) is 0 Å². The Balaban J connectivity index is 1.68. The van der Waals surface area contributed by atoms with Gasteiger partial charge in [-0.15, -0.1) is 0 Å². The molecule has 6 heteroatoms. The Kier molecular flexibility index (Phi) is 5.20. The smallest absolute Gasteiger partial charge is 0.229 e. The lowest BCUT2D eigenvalue weighted by molar-refractivity contribution is -0.115. The fourth-order valence-electron chi connectivity index (χ4n) is 2.20. The number of amides is 1. The number of aromatic nitrogens is 2. The number of nitrogens with zero attached hydrogens (tertiary/aromatic N) is 2. The van der Waals surface area contributed by atoms with Crippen molar-refractivity contribution >= 4 is 17.4 Å². The maximum atomic E-state index is 12.9. The number of carbonyl (C=O) groups is 1. The van der Waals surface area contributed by atoms with Gasteiger partial charge in [0, 0.05) is 18.0 Å². The van der Waals surface area contributed by atoms with Crippen LogP contribution in [0.4, 0.5) is 15.9 Å². The van der Waals surface area contributed by atoms with Gasteiger partial charge >= 0.3 is 0 Å². The summed E-state index contributed by atoms with van der Waals surface area (Å²) in [6.07, 6.45) is 3.30. The van der Waals surface area contributed by atoms with E-state index in [4.69, 9.17) is 5.73 Å². The molecule has 2 aromatic heterocycles. The highest BCUT2D eigenvalue weighted by atomic mass is 19.1. The van der Waals surface area contributed by atoms with Gasteiger partial charge in [-0.2, -0.15) is 0 Å². The Hall–Kier alpha value is -3.72. The van der Waals surface area contributed by atoms with E-state index >= 15 is 0 Å². The van der Waals surface area contributed by atoms with E-state index in [1.54, 1.807) is 48.8 Å². The Labute approximate surface area is 150 Å². The van der Waals surface area contributed by atoms with Crippen LogP contribution >= 0.6 is 0 Å². The number of anilines is 2. The lowest BCUT2D eigenvalue weighted by atomic mass is 10.1. The summed E-state index contributed by atoms with van der Waals surface area (Å²) in [5.74, 6) is 5.64. The van der Waals surface area contributed by atoms with Crippen molar-refractivity contribution in [2.75, 3.05) is 11.1 Å². The summed E-state index contributed by atoms with van der Waals surface area (Å²) in [6, 6.07) is 12.6. The van der Waals surface area contributed by atoms with Gasteiger partial charge in [0.25, 0.3) is 0 Å². The average Bonchev–Trinajstić information content (AvgIpc) is 2.63. The van der Waals surface area contributed by atoms with Crippen molar-refractivity contribution in [1.82, 2.24) is 9.97 Å². The number of benzene rings is 1. The van der Waals surface area contributed by atoms with Crippen molar-refractivity contribution in [1.29, 1.82) is 0 Å². The monoisotopic (exact) mass is 346 g/mol. The molecule has 0 radical (unpaired) electrons. The van der Waals surface area contributed by atoms with Crippen LogP contribution in [-0.2, 0) is 11.2 Å². The summed E-state index contributed by atoms with van der Waals surface area (Å²) >= 11 is 0. The number of rotatable bonds is 3. The third kappa shape index (κ3) is 4.65. The Morgan fingerprint density at radius 1 is 1.08 bits per heavy atom. The van der Waals surface area contributed by atoms with Gasteiger partial charge in [-0.1, -0.05) is 18.1 Å². The van der Waals surface area contributed by atoms with Crippen LogP contribution in [0.25, 0.3) is 0 Å². The van der Waals surface area contributed by atoms with Crippen molar-refractivity contribution in [3.63, 3.8) is 0 Å². The Morgan fingerprint density at radius 3 is 2.65 bits per heavy atom. The molecule has 3 N–H and O–H groups in total. The zero-order valence-corrected chi connectivity index (χ0v) is 13.7. The Bertz CT molecular complexity index is 990. The minimum atomic E-state index is -0.337. The van der Waals surface area contributed by atoms with Crippen LogP contribution < -0.4 is 11.1 Å². The SMILES string of the molecule is Nc1cccnc1C#Cc1ccnc(NC(=O)Cc2ccc(F)cc2)c1. The van der Waals surface area contributed by atoms with Crippen LogP contribution in [0.3, 0.4) is 0 Å². The van der Waals surface area contributed by atoms with Crippen molar-refractivity contribution in [3.05, 3.63) is 83.6 Å². The lowest BCUT2D eigenvalue weighted by Crippen LogP contribution is -2.15. The molecule has 0 aliphatic heterocycles. The van der Waals surface area contributed by atoms with Gasteiger partial charge < -0.3 is 11.1 Å². The van der Waals surface area contributed by atoms with Gasteiger partial charge in [0.2, 0.25) is 5.91 Å². The van der Waals surface area contributed by atoms with Crippen LogP contribution in [0.5, 0.6) is 0 Å². The predicted molar refractivity (Wildman–Crippen MR) is 97.6 cm³/mol. The van der Waals surface area contributed by atoms with E-state index in [-0.39, 0.29) is 18.1 Å². The first-order valence-corrected chi connectivity index (χ1v) is 7.83. The van der Waals surface area contributed by atoms with Crippen LogP contribution in [0.15, 0.2) is 60.9 Å². The maximum Gasteiger partial charge on any atom is 0.229 e. The van der Waals surface area contributed by atoms with Crippen molar-refractivity contribution in [2.45, 2.75) is 6.42 Å². The molecule has 0 saturated heterocycles. The summed E-state index contributed by atoms with van der Waals surface area (Å²) < 4.78 is 12.9. The number of halogens is 1. The van der Waals surface area contributed by atoms with E-state index in [0.29, 0.717) is 28.3 Å². The molecule has 0 unspecified atom stereocenters. The second-order valence-corrected chi connectivity index (χ2v) is 5.47. The minimum absolute atomic E-state index is 0.127. The van der Waals surface area contributed by atoms with Gasteiger partial charge in [-0.3, -0.25) is 4.79 Å². The number of nitrogens with two attached hydrogens (primary N) is 1. The van der Waals surface area contributed by atoms with Gasteiger partial charge in [0.1, 0.15) is 17.3 Å². The van der Waals surface area contributed by atoms with E-state index in [2.05, 4.69) is 27.1 Å². The molecule has 0 aliphatic rings. The molecule has 0 atom stereocenters. The summed E-state index contributed by atoms with van der Waals surface area (Å²) in [7, 11) is 0. The summed E-state index contributed by atoms with van der Waals surface area (Å²) in [5.41, 5.74) is 8.18. The summed E-state index contributed by atoms with van der Waals surface area (Å²) in [4.78, 5) is 20.3. The normalized spacial score (nSPS) is 9.88. The number of nitrogen functional groups attached to an aromatic ring is 1. The molecular weight excluding hydrogens is 331 g/mol. The molecule has 1 amide bonds. The highest BCUT2D eigenvalue weighted by Crippen LogP contribution is 2.09. The number of hydrogen-bond donors (Lipinski definition) is 2. The predicted octanol–water partition coefficient (Wildman–Crippen LogP) is 2.78. The maximum absolute atomic E-state index is 12.9. The van der Waals surface area contributed by atoms with Crippen molar-refractivity contribution in [2.24, 2.45) is 0 Å². The third-order valence-corrected chi connectivity index (χ3v) is 3.47. The highest BCUT2D eigenvalue weighted by Gasteiger charge is 2.05. The van der Waals surface area contributed by atoms with Gasteiger partial charge in [-0.25, -0.2) is 14.4 Å². The van der Waals surface area contributed by atoms with Crippen LogP contribution in [0.1, 0.15) is 16.8 Å².